The lowest BCUT2D eigenvalue weighted by atomic mass is 9.75. The van der Waals surface area contributed by atoms with Crippen LogP contribution in [0.1, 0.15) is 65.2 Å². The number of nitriles is 2. The van der Waals surface area contributed by atoms with Crippen LogP contribution in [0.5, 0.6) is 0 Å². The van der Waals surface area contributed by atoms with E-state index < -0.39 is 0 Å². The van der Waals surface area contributed by atoms with Gasteiger partial charge in [-0.3, -0.25) is 0 Å². The van der Waals surface area contributed by atoms with Crippen LogP contribution in [0.3, 0.4) is 0 Å². The second kappa shape index (κ2) is 8.42. The standard InChI is InChI=1S/C25H35N3/c1-3-4-22-23-11-16(2)12-24(25(22)23)28-21-9-7-17(8-10-21)18-5-6-19(14-26)20(13-18)15-27/h5-7,16,18-25,28H,3-4,8-13H2,1-2H3/t16?,18?,19?,20?,21?,22?,23-,24?,25?/m0/s1. The first-order valence-corrected chi connectivity index (χ1v) is 11.6. The zero-order valence-corrected chi connectivity index (χ0v) is 17.5. The summed E-state index contributed by atoms with van der Waals surface area (Å²) < 4.78 is 0. The SMILES string of the molecule is CCCC1C2C(NC3CC=C(C4C=CC(C#N)C(C#N)C4)CC3)CC(C)C[C@@H]12. The van der Waals surface area contributed by atoms with Gasteiger partial charge >= 0.3 is 0 Å². The molecule has 0 amide bonds. The smallest absolute Gasteiger partial charge is 0.0802 e. The van der Waals surface area contributed by atoms with Gasteiger partial charge in [-0.05, 0) is 68.1 Å². The molecule has 0 heterocycles. The van der Waals surface area contributed by atoms with E-state index in [0.29, 0.717) is 12.0 Å². The zero-order valence-electron chi connectivity index (χ0n) is 17.5. The summed E-state index contributed by atoms with van der Waals surface area (Å²) in [5.74, 6) is 3.80. The van der Waals surface area contributed by atoms with Crippen molar-refractivity contribution in [2.45, 2.75) is 77.3 Å². The molecule has 28 heavy (non-hydrogen) atoms. The Morgan fingerprint density at radius 3 is 2.68 bits per heavy atom. The highest BCUT2D eigenvalue weighted by atomic mass is 15.0. The van der Waals surface area contributed by atoms with Gasteiger partial charge in [-0.25, -0.2) is 0 Å². The van der Waals surface area contributed by atoms with Crippen LogP contribution in [0.15, 0.2) is 23.8 Å². The molecule has 3 nitrogen and oxygen atoms in total. The number of hydrogen-bond donors (Lipinski definition) is 1. The molecule has 1 N–H and O–H groups in total. The van der Waals surface area contributed by atoms with Crippen molar-refractivity contribution in [3.8, 4) is 12.1 Å². The molecule has 0 aromatic rings. The minimum absolute atomic E-state index is 0.150. The molecule has 3 heteroatoms. The van der Waals surface area contributed by atoms with E-state index in [1.807, 2.05) is 6.08 Å². The fourth-order valence-electron chi connectivity index (χ4n) is 6.55. The third-order valence-electron chi connectivity index (χ3n) is 7.99. The Kier molecular flexibility index (Phi) is 5.93. The average molecular weight is 378 g/mol. The summed E-state index contributed by atoms with van der Waals surface area (Å²) in [4.78, 5) is 0. The lowest BCUT2D eigenvalue weighted by Gasteiger charge is -2.34. The van der Waals surface area contributed by atoms with Crippen molar-refractivity contribution < 1.29 is 0 Å². The third-order valence-corrected chi connectivity index (χ3v) is 7.99. The highest BCUT2D eigenvalue weighted by Gasteiger charge is 2.56. The van der Waals surface area contributed by atoms with E-state index in [2.05, 4.69) is 43.5 Å². The van der Waals surface area contributed by atoms with Crippen molar-refractivity contribution in [1.82, 2.24) is 5.32 Å². The Bertz CT molecular complexity index is 704. The van der Waals surface area contributed by atoms with Gasteiger partial charge in [-0.15, -0.1) is 0 Å². The summed E-state index contributed by atoms with van der Waals surface area (Å²) in [5.41, 5.74) is 1.50. The van der Waals surface area contributed by atoms with Gasteiger partial charge in [0.25, 0.3) is 0 Å². The molecule has 4 rings (SSSR count). The highest BCUT2D eigenvalue weighted by molar-refractivity contribution is 5.24. The van der Waals surface area contributed by atoms with Gasteiger partial charge in [-0.1, -0.05) is 50.5 Å². The van der Waals surface area contributed by atoms with E-state index in [1.165, 1.54) is 37.7 Å². The minimum Gasteiger partial charge on any atom is -0.311 e. The summed E-state index contributed by atoms with van der Waals surface area (Å²) >= 11 is 0. The molecule has 0 saturated heterocycles. The summed E-state index contributed by atoms with van der Waals surface area (Å²) in [6.45, 7) is 4.78. The van der Waals surface area contributed by atoms with Crippen LogP contribution in [-0.2, 0) is 0 Å². The van der Waals surface area contributed by atoms with Crippen LogP contribution in [0, 0.1) is 64.1 Å². The number of allylic oxidation sites excluding steroid dienone is 3. The van der Waals surface area contributed by atoms with Crippen LogP contribution < -0.4 is 5.32 Å². The molecule has 0 aromatic heterocycles. The van der Waals surface area contributed by atoms with Gasteiger partial charge in [-0.2, -0.15) is 10.5 Å². The number of nitrogens with one attached hydrogen (secondary N) is 1. The van der Waals surface area contributed by atoms with Crippen molar-refractivity contribution in [2.24, 2.45) is 41.4 Å². The molecule has 0 spiro atoms. The molecule has 0 radical (unpaired) electrons. The summed E-state index contributed by atoms with van der Waals surface area (Å²) in [5, 5.41) is 22.6. The lowest BCUT2D eigenvalue weighted by Crippen LogP contribution is -2.43. The molecule has 9 atom stereocenters. The van der Waals surface area contributed by atoms with E-state index in [-0.39, 0.29) is 11.8 Å². The molecule has 0 aromatic carbocycles. The molecule has 8 unspecified atom stereocenters. The maximum Gasteiger partial charge on any atom is 0.0802 e. The first-order valence-electron chi connectivity index (χ1n) is 11.6. The Morgan fingerprint density at radius 2 is 2.00 bits per heavy atom. The third kappa shape index (κ3) is 3.92. The Labute approximate surface area is 170 Å². The van der Waals surface area contributed by atoms with Crippen LogP contribution in [0.2, 0.25) is 0 Å². The van der Waals surface area contributed by atoms with Crippen molar-refractivity contribution in [1.29, 1.82) is 10.5 Å². The largest absolute Gasteiger partial charge is 0.311 e. The lowest BCUT2D eigenvalue weighted by molar-refractivity contribution is 0.257. The van der Waals surface area contributed by atoms with Gasteiger partial charge in [0, 0.05) is 12.1 Å². The molecule has 150 valence electrons. The fourth-order valence-corrected chi connectivity index (χ4v) is 6.55. The number of rotatable bonds is 5. The van der Waals surface area contributed by atoms with Crippen LogP contribution >= 0.6 is 0 Å². The Morgan fingerprint density at radius 1 is 1.14 bits per heavy atom. The van der Waals surface area contributed by atoms with E-state index in [4.69, 9.17) is 0 Å². The van der Waals surface area contributed by atoms with Crippen LogP contribution in [0.25, 0.3) is 0 Å². The Balaban J connectivity index is 1.33. The molecule has 0 bridgehead atoms. The van der Waals surface area contributed by atoms with E-state index >= 15 is 0 Å². The molecule has 2 fully saturated rings. The highest BCUT2D eigenvalue weighted by Crippen LogP contribution is 2.58. The van der Waals surface area contributed by atoms with Gasteiger partial charge in [0.2, 0.25) is 0 Å². The topological polar surface area (TPSA) is 59.6 Å². The van der Waals surface area contributed by atoms with Crippen LogP contribution in [-0.4, -0.2) is 12.1 Å². The first kappa shape index (κ1) is 19.7. The molecule has 4 aliphatic carbocycles. The molecular weight excluding hydrogens is 342 g/mol. The number of fused-ring (bicyclic) bond motifs is 1. The quantitative estimate of drug-likeness (QED) is 0.655. The van der Waals surface area contributed by atoms with Gasteiger partial charge in [0.15, 0.2) is 0 Å². The maximum absolute atomic E-state index is 9.38. The second-order valence-electron chi connectivity index (χ2n) is 9.91. The monoisotopic (exact) mass is 377 g/mol. The molecule has 0 aliphatic heterocycles. The van der Waals surface area contributed by atoms with Crippen molar-refractivity contribution in [3.05, 3.63) is 23.8 Å². The molecule has 2 saturated carbocycles. The summed E-state index contributed by atoms with van der Waals surface area (Å²) in [6.07, 6.45) is 16.5. The predicted molar refractivity (Wildman–Crippen MR) is 112 cm³/mol. The predicted octanol–water partition coefficient (Wildman–Crippen LogP) is 5.37. The normalized spacial score (nSPS) is 44.7. The van der Waals surface area contributed by atoms with Crippen molar-refractivity contribution in [2.75, 3.05) is 0 Å². The first-order chi connectivity index (χ1) is 13.6. The van der Waals surface area contributed by atoms with Gasteiger partial charge < -0.3 is 5.32 Å². The van der Waals surface area contributed by atoms with Crippen LogP contribution in [0.4, 0.5) is 0 Å². The van der Waals surface area contributed by atoms with E-state index in [9.17, 15) is 10.5 Å². The average Bonchev–Trinajstić information content (AvgIpc) is 3.40. The minimum atomic E-state index is -0.226. The molecular formula is C25H35N3. The van der Waals surface area contributed by atoms with E-state index in [1.54, 1.807) is 0 Å². The second-order valence-corrected chi connectivity index (χ2v) is 9.91. The number of nitrogens with zero attached hydrogens (tertiary/aromatic N) is 2. The maximum atomic E-state index is 9.38. The Hall–Kier alpha value is -1.58. The zero-order chi connectivity index (χ0) is 19.7. The molecule has 4 aliphatic rings. The van der Waals surface area contributed by atoms with E-state index in [0.717, 1.165) is 49.0 Å². The van der Waals surface area contributed by atoms with Crippen molar-refractivity contribution >= 4 is 0 Å². The summed E-state index contributed by atoms with van der Waals surface area (Å²) in [6, 6.07) is 5.97. The van der Waals surface area contributed by atoms with Crippen molar-refractivity contribution in [3.63, 3.8) is 0 Å². The number of hydrogen-bond acceptors (Lipinski definition) is 3. The van der Waals surface area contributed by atoms with Gasteiger partial charge in [0.1, 0.15) is 0 Å². The fraction of sp³-hybridized carbons (Fsp3) is 0.760. The van der Waals surface area contributed by atoms with Gasteiger partial charge in [0.05, 0.1) is 24.0 Å². The summed E-state index contributed by atoms with van der Waals surface area (Å²) in [7, 11) is 0.